The Morgan fingerprint density at radius 2 is 0.613 bits per heavy atom. The molecule has 1 aliphatic heterocycles. The zero-order valence-corrected chi connectivity index (χ0v) is 49.1. The van der Waals surface area contributed by atoms with Crippen LogP contribution in [0.25, 0.3) is 0 Å². The summed E-state index contributed by atoms with van der Waals surface area (Å²) in [6, 6.07) is 0. The Bertz CT molecular complexity index is 1670. The average molecular weight is 1130 g/mol. The summed E-state index contributed by atoms with van der Waals surface area (Å²) >= 11 is 0. The van der Waals surface area contributed by atoms with Crippen molar-refractivity contribution in [1.29, 1.82) is 0 Å². The van der Waals surface area contributed by atoms with Gasteiger partial charge >= 0.3 is 0 Å². The highest BCUT2D eigenvalue weighted by atomic mass is 16.5. The van der Waals surface area contributed by atoms with E-state index in [4.69, 9.17) is 14.2 Å². The molecule has 458 valence electrons. The Morgan fingerprint density at radius 3 is 0.925 bits per heavy atom. The summed E-state index contributed by atoms with van der Waals surface area (Å²) in [5.41, 5.74) is -1.26. The summed E-state index contributed by atoms with van der Waals surface area (Å²) in [6.45, 7) is 8.78. The second-order valence-electron chi connectivity index (χ2n) is 20.6. The summed E-state index contributed by atoms with van der Waals surface area (Å²) in [4.78, 5) is 125. The molecule has 22 heteroatoms. The summed E-state index contributed by atoms with van der Waals surface area (Å²) < 4.78 is 18.2. The van der Waals surface area contributed by atoms with Crippen LogP contribution < -0.4 is 42.5 Å². The van der Waals surface area contributed by atoms with E-state index in [0.29, 0.717) is 90.6 Å². The maximum absolute atomic E-state index is 13.7. The monoisotopic (exact) mass is 1130 g/mol. The fourth-order valence-corrected chi connectivity index (χ4v) is 8.34. The Hall–Kier alpha value is -5.48. The molecule has 1 rings (SSSR count). The van der Waals surface area contributed by atoms with Crippen molar-refractivity contribution in [3.05, 3.63) is 12.2 Å². The van der Waals surface area contributed by atoms with Gasteiger partial charge in [-0.15, -0.1) is 0 Å². The number of rotatable bonds is 54. The maximum Gasteiger partial charge on any atom is 0.253 e. The molecule has 22 nitrogen and oxygen atoms in total. The number of imide groups is 1. The number of carbonyl (C=O) groups is 10. The number of unbranched alkanes of at least 4 members (excludes halogenated alkanes) is 13. The molecule has 0 saturated heterocycles. The van der Waals surface area contributed by atoms with Gasteiger partial charge in [-0.05, 0) is 51.4 Å². The van der Waals surface area contributed by atoms with Crippen LogP contribution in [-0.2, 0) is 62.2 Å². The lowest BCUT2D eigenvalue weighted by atomic mass is 10.0. The van der Waals surface area contributed by atoms with Gasteiger partial charge in [0.2, 0.25) is 47.3 Å². The number of amides is 10. The number of nitrogens with zero attached hydrogens (tertiary/aromatic N) is 1. The molecule has 0 unspecified atom stereocenters. The molecule has 8 N–H and O–H groups in total. The van der Waals surface area contributed by atoms with Crippen LogP contribution in [0, 0.1) is 0 Å². The third-order valence-electron chi connectivity index (χ3n) is 13.1. The van der Waals surface area contributed by atoms with E-state index < -0.39 is 5.54 Å². The van der Waals surface area contributed by atoms with Crippen LogP contribution in [0.15, 0.2) is 12.2 Å². The van der Waals surface area contributed by atoms with Gasteiger partial charge in [-0.3, -0.25) is 52.8 Å². The summed E-state index contributed by atoms with van der Waals surface area (Å²) in [7, 11) is 0. The van der Waals surface area contributed by atoms with Crippen LogP contribution in [0.5, 0.6) is 0 Å². The van der Waals surface area contributed by atoms with Crippen LogP contribution in [0.2, 0.25) is 0 Å². The molecule has 0 atom stereocenters. The van der Waals surface area contributed by atoms with Crippen molar-refractivity contribution in [2.45, 2.75) is 206 Å². The summed E-state index contributed by atoms with van der Waals surface area (Å²) in [5.74, 6) is -1.87. The van der Waals surface area contributed by atoms with Gasteiger partial charge in [0, 0.05) is 116 Å². The first-order valence-corrected chi connectivity index (χ1v) is 30.2. The lowest BCUT2D eigenvalue weighted by Crippen LogP contribution is -2.58. The van der Waals surface area contributed by atoms with Crippen molar-refractivity contribution >= 4 is 59.1 Å². The van der Waals surface area contributed by atoms with Crippen LogP contribution in [0.1, 0.15) is 201 Å². The van der Waals surface area contributed by atoms with Crippen molar-refractivity contribution in [2.24, 2.45) is 0 Å². The molecule has 0 bridgehead atoms. The maximum atomic E-state index is 13.7. The first kappa shape index (κ1) is 72.5. The third kappa shape index (κ3) is 41.5. The summed E-state index contributed by atoms with van der Waals surface area (Å²) in [5, 5.41) is 23.0. The van der Waals surface area contributed by atoms with Gasteiger partial charge in [0.1, 0.15) is 5.54 Å². The Kier molecular flexibility index (Phi) is 44.7. The van der Waals surface area contributed by atoms with Crippen molar-refractivity contribution in [3.63, 3.8) is 0 Å². The number of nitrogens with one attached hydrogen (secondary N) is 8. The lowest BCUT2D eigenvalue weighted by molar-refractivity contribution is -0.137. The molecule has 0 spiro atoms. The number of hydrogen-bond donors (Lipinski definition) is 8. The van der Waals surface area contributed by atoms with Gasteiger partial charge in [0.05, 0.1) is 39.6 Å². The van der Waals surface area contributed by atoms with E-state index in [9.17, 15) is 47.9 Å². The van der Waals surface area contributed by atoms with Gasteiger partial charge in [-0.1, -0.05) is 97.8 Å². The van der Waals surface area contributed by atoms with Crippen molar-refractivity contribution in [3.8, 4) is 0 Å². The molecular weight excluding hydrogens is 1030 g/mol. The first-order chi connectivity index (χ1) is 38.7. The topological polar surface area (TPSA) is 298 Å². The molecule has 0 aromatic carbocycles. The molecule has 0 aromatic heterocycles. The quantitative estimate of drug-likeness (QED) is 0.0305. The molecule has 0 aliphatic carbocycles. The standard InChI is InChI=1S/C58H103N9O13/c1-4-7-16-24-48(68)59-34-21-37-62-52(72)31-42-78-45-58(46-79-43-32-53(73)63-38-22-35-60-49(69)25-17-8-5-2,47-80-44-33-54(74)64-39-23-36-61-50(70)26-18-9-6-3)66-55(75)28-20-15-13-11-10-12-14-19-27-51(71)65-40-41-67-56(76)29-30-57(67)77/h29-30H,4-28,31-47H2,1-3H3,(H,59,68)(H,60,69)(H,61,70)(H,62,72)(H,63,73)(H,64,74)(H,65,71)(H,66,75). The second-order valence-corrected chi connectivity index (χ2v) is 20.6. The van der Waals surface area contributed by atoms with E-state index in [2.05, 4.69) is 63.3 Å². The van der Waals surface area contributed by atoms with E-state index in [0.717, 1.165) is 108 Å². The molecule has 10 amide bonds. The highest BCUT2D eigenvalue weighted by molar-refractivity contribution is 6.12. The van der Waals surface area contributed by atoms with Gasteiger partial charge in [-0.25, -0.2) is 0 Å². The van der Waals surface area contributed by atoms with Crippen LogP contribution >= 0.6 is 0 Å². The Balaban J connectivity index is 2.84. The lowest BCUT2D eigenvalue weighted by Gasteiger charge is -2.34. The molecule has 80 heavy (non-hydrogen) atoms. The van der Waals surface area contributed by atoms with Crippen LogP contribution in [-0.4, -0.2) is 162 Å². The molecule has 0 aromatic rings. The predicted molar refractivity (Wildman–Crippen MR) is 307 cm³/mol. The third-order valence-corrected chi connectivity index (χ3v) is 13.1. The van der Waals surface area contributed by atoms with E-state index in [1.807, 2.05) is 0 Å². The van der Waals surface area contributed by atoms with Gasteiger partial charge in [0.25, 0.3) is 11.8 Å². The minimum Gasteiger partial charge on any atom is -0.378 e. The minimum absolute atomic E-state index is 0.00234. The first-order valence-electron chi connectivity index (χ1n) is 30.2. The average Bonchev–Trinajstić information content (AvgIpc) is 3.75. The van der Waals surface area contributed by atoms with Crippen molar-refractivity contribution in [1.82, 2.24) is 47.4 Å². The van der Waals surface area contributed by atoms with E-state index in [1.165, 1.54) is 12.2 Å². The van der Waals surface area contributed by atoms with Gasteiger partial charge in [-0.2, -0.15) is 0 Å². The number of carbonyl (C=O) groups excluding carboxylic acids is 10. The van der Waals surface area contributed by atoms with Crippen LogP contribution in [0.3, 0.4) is 0 Å². The molecular formula is C58H103N9O13. The molecule has 0 saturated carbocycles. The van der Waals surface area contributed by atoms with Crippen molar-refractivity contribution < 1.29 is 62.2 Å². The fraction of sp³-hybridized carbons (Fsp3) is 0.793. The SMILES string of the molecule is CCCCCC(=O)NCCCNC(=O)CCOCC(COCCC(=O)NCCCNC(=O)CCCCC)(COCCC(=O)NCCCNC(=O)CCCCC)NC(=O)CCCCCCCCCCC(=O)NCCN1C(=O)C=CC1=O. The Morgan fingerprint density at radius 1 is 0.350 bits per heavy atom. The second kappa shape index (κ2) is 49.3. The van der Waals surface area contributed by atoms with Crippen molar-refractivity contribution in [2.75, 3.05) is 92.0 Å². The predicted octanol–water partition coefficient (Wildman–Crippen LogP) is 4.61. The number of ether oxygens (including phenoxy) is 3. The fourth-order valence-electron chi connectivity index (χ4n) is 8.34. The molecule has 0 fully saturated rings. The van der Waals surface area contributed by atoms with Crippen LogP contribution in [0.4, 0.5) is 0 Å². The molecule has 1 aliphatic rings. The smallest absolute Gasteiger partial charge is 0.253 e. The molecule has 1 heterocycles. The number of hydrogen-bond acceptors (Lipinski definition) is 13. The Labute approximate surface area is 477 Å². The van der Waals surface area contributed by atoms with E-state index in [1.54, 1.807) is 0 Å². The normalized spacial score (nSPS) is 12.1. The van der Waals surface area contributed by atoms with E-state index in [-0.39, 0.29) is 137 Å². The zero-order valence-electron chi connectivity index (χ0n) is 49.1. The minimum atomic E-state index is -1.26. The zero-order chi connectivity index (χ0) is 58.7. The summed E-state index contributed by atoms with van der Waals surface area (Å²) in [6.07, 6.45) is 21.7. The highest BCUT2D eigenvalue weighted by Crippen LogP contribution is 2.15. The van der Waals surface area contributed by atoms with E-state index >= 15 is 0 Å². The highest BCUT2D eigenvalue weighted by Gasteiger charge is 2.34. The van der Waals surface area contributed by atoms with Gasteiger partial charge < -0.3 is 56.7 Å². The largest absolute Gasteiger partial charge is 0.378 e. The molecule has 0 radical (unpaired) electrons. The van der Waals surface area contributed by atoms with Gasteiger partial charge in [0.15, 0.2) is 0 Å².